The average molecular weight is 525 g/mol. The number of carbonyl (C=O) groups excluding carboxylic acids is 1. The lowest BCUT2D eigenvalue weighted by atomic mass is 9.83. The Bertz CT molecular complexity index is 1470. The molecular formula is C26H28N4O6S. The zero-order valence-electron chi connectivity index (χ0n) is 20.5. The van der Waals surface area contributed by atoms with E-state index < -0.39 is 10.0 Å². The highest BCUT2D eigenvalue weighted by Gasteiger charge is 2.37. The summed E-state index contributed by atoms with van der Waals surface area (Å²) in [7, 11) is -0.793. The number of ether oxygens (including phenoxy) is 2. The van der Waals surface area contributed by atoms with Gasteiger partial charge in [0.15, 0.2) is 0 Å². The molecule has 194 valence electrons. The Labute approximate surface area is 214 Å². The van der Waals surface area contributed by atoms with Crippen molar-refractivity contribution in [2.45, 2.75) is 23.8 Å². The number of pyridine rings is 1. The van der Waals surface area contributed by atoms with Crippen LogP contribution in [0.15, 0.2) is 70.4 Å². The van der Waals surface area contributed by atoms with Crippen LogP contribution < -0.4 is 25.1 Å². The van der Waals surface area contributed by atoms with Gasteiger partial charge in [-0.15, -0.1) is 0 Å². The summed E-state index contributed by atoms with van der Waals surface area (Å²) in [6.45, 7) is 1.33. The molecule has 2 aliphatic heterocycles. The first-order valence-electron chi connectivity index (χ1n) is 11.9. The minimum atomic E-state index is -3.88. The normalized spacial score (nSPS) is 18.5. The molecule has 2 aromatic carbocycles. The van der Waals surface area contributed by atoms with Crippen LogP contribution in [-0.2, 0) is 16.6 Å². The zero-order chi connectivity index (χ0) is 26.2. The number of urea groups is 1. The molecular weight excluding hydrogens is 496 g/mol. The number of anilines is 2. The Hall–Kier alpha value is -3.99. The molecule has 0 saturated carbocycles. The van der Waals surface area contributed by atoms with Gasteiger partial charge in [-0.3, -0.25) is 9.52 Å². The van der Waals surface area contributed by atoms with Crippen LogP contribution >= 0.6 is 0 Å². The lowest BCUT2D eigenvalue weighted by Crippen LogP contribution is -2.50. The van der Waals surface area contributed by atoms with Crippen LogP contribution in [0.25, 0.3) is 0 Å². The largest absolute Gasteiger partial charge is 0.497 e. The van der Waals surface area contributed by atoms with Gasteiger partial charge in [0, 0.05) is 55.1 Å². The minimum absolute atomic E-state index is 0.00847. The molecule has 0 unspecified atom stereocenters. The van der Waals surface area contributed by atoms with E-state index in [1.807, 2.05) is 0 Å². The number of fused-ring (bicyclic) bond motifs is 4. The molecule has 2 bridgehead atoms. The monoisotopic (exact) mass is 524 g/mol. The average Bonchev–Trinajstić information content (AvgIpc) is 2.90. The minimum Gasteiger partial charge on any atom is -0.497 e. The number of carbonyl (C=O) groups is 1. The van der Waals surface area contributed by atoms with Gasteiger partial charge in [-0.2, -0.15) is 0 Å². The maximum Gasteiger partial charge on any atom is 0.321 e. The number of hydrogen-bond donors (Lipinski definition) is 2. The van der Waals surface area contributed by atoms with Gasteiger partial charge in [-0.05, 0) is 36.6 Å². The number of piperidine rings is 1. The number of likely N-dealkylation sites (tertiary alicyclic amines) is 1. The summed E-state index contributed by atoms with van der Waals surface area (Å²) in [6.07, 6.45) is 0.852. The Morgan fingerprint density at radius 3 is 2.32 bits per heavy atom. The van der Waals surface area contributed by atoms with Crippen molar-refractivity contribution in [3.8, 4) is 11.5 Å². The molecule has 0 radical (unpaired) electrons. The molecule has 2 atom stereocenters. The molecule has 37 heavy (non-hydrogen) atoms. The molecule has 3 aromatic rings. The molecule has 1 aromatic heterocycles. The summed E-state index contributed by atoms with van der Waals surface area (Å²) in [5.41, 5.74) is 0.982. The van der Waals surface area contributed by atoms with E-state index in [0.29, 0.717) is 36.8 Å². The van der Waals surface area contributed by atoms with E-state index in [2.05, 4.69) is 10.0 Å². The lowest BCUT2D eigenvalue weighted by Gasteiger charge is -2.42. The Morgan fingerprint density at radius 1 is 0.946 bits per heavy atom. The Balaban J connectivity index is 1.34. The van der Waals surface area contributed by atoms with Crippen LogP contribution in [0.4, 0.5) is 16.2 Å². The van der Waals surface area contributed by atoms with Gasteiger partial charge in [-0.1, -0.05) is 18.2 Å². The van der Waals surface area contributed by atoms with Crippen molar-refractivity contribution in [2.75, 3.05) is 37.3 Å². The second kappa shape index (κ2) is 9.81. The first-order chi connectivity index (χ1) is 17.8. The second-order valence-electron chi connectivity index (χ2n) is 9.24. The standard InChI is InChI=1S/C26H28N4O6S/c1-35-20-11-19(12-21(13-20)36-2)27-26(32)29-14-17-10-18(16-29)24-9-8-23(25(31)30(24)15-17)28-37(33,34)22-6-4-3-5-7-22/h3-9,11-13,17-18,28H,10,14-16H2,1-2H3,(H,27,32)/t17-,18-/m1/s1. The van der Waals surface area contributed by atoms with Gasteiger partial charge in [-0.25, -0.2) is 13.2 Å². The van der Waals surface area contributed by atoms with Crippen LogP contribution in [0.5, 0.6) is 11.5 Å². The first-order valence-corrected chi connectivity index (χ1v) is 13.4. The van der Waals surface area contributed by atoms with Crippen LogP contribution in [-0.4, -0.2) is 51.2 Å². The van der Waals surface area contributed by atoms with Gasteiger partial charge >= 0.3 is 6.03 Å². The quantitative estimate of drug-likeness (QED) is 0.511. The van der Waals surface area contributed by atoms with Gasteiger partial charge < -0.3 is 24.3 Å². The number of benzene rings is 2. The number of sulfonamides is 1. The van der Waals surface area contributed by atoms with E-state index in [9.17, 15) is 18.0 Å². The predicted molar refractivity (Wildman–Crippen MR) is 139 cm³/mol. The fourth-order valence-electron chi connectivity index (χ4n) is 5.07. The van der Waals surface area contributed by atoms with Crippen molar-refractivity contribution in [3.63, 3.8) is 0 Å². The third-order valence-electron chi connectivity index (χ3n) is 6.79. The Morgan fingerprint density at radius 2 is 1.65 bits per heavy atom. The summed E-state index contributed by atoms with van der Waals surface area (Å²) in [6, 6.07) is 16.1. The first kappa shape index (κ1) is 24.7. The van der Waals surface area contributed by atoms with E-state index in [1.165, 1.54) is 18.2 Å². The van der Waals surface area contributed by atoms with E-state index in [-0.39, 0.29) is 34.0 Å². The SMILES string of the molecule is COc1cc(NC(=O)N2C[C@H]3C[C@H](C2)c2ccc(NS(=O)(=O)c4ccccc4)c(=O)n2C3)cc(OC)c1. The number of methoxy groups -OCH3 is 2. The molecule has 10 nitrogen and oxygen atoms in total. The van der Waals surface area contributed by atoms with E-state index in [0.717, 1.165) is 12.1 Å². The van der Waals surface area contributed by atoms with Crippen molar-refractivity contribution in [1.82, 2.24) is 9.47 Å². The molecule has 0 spiro atoms. The highest BCUT2D eigenvalue weighted by atomic mass is 32.2. The van der Waals surface area contributed by atoms with Gasteiger partial charge in [0.1, 0.15) is 17.2 Å². The fraction of sp³-hybridized carbons (Fsp3) is 0.308. The van der Waals surface area contributed by atoms with Crippen LogP contribution in [0.2, 0.25) is 0 Å². The highest BCUT2D eigenvalue weighted by molar-refractivity contribution is 7.92. The summed E-state index contributed by atoms with van der Waals surface area (Å²) in [5.74, 6) is 1.16. The molecule has 2 amide bonds. The smallest absolute Gasteiger partial charge is 0.321 e. The summed E-state index contributed by atoms with van der Waals surface area (Å²) < 4.78 is 40.1. The number of nitrogens with one attached hydrogen (secondary N) is 2. The van der Waals surface area contributed by atoms with Crippen LogP contribution in [0, 0.1) is 5.92 Å². The van der Waals surface area contributed by atoms with E-state index >= 15 is 0 Å². The van der Waals surface area contributed by atoms with E-state index in [4.69, 9.17) is 9.47 Å². The van der Waals surface area contributed by atoms with E-state index in [1.54, 1.807) is 66.2 Å². The molecule has 11 heteroatoms. The molecule has 2 N–H and O–H groups in total. The topological polar surface area (TPSA) is 119 Å². The van der Waals surface area contributed by atoms with Crippen molar-refractivity contribution < 1.29 is 22.7 Å². The number of rotatable bonds is 6. The van der Waals surface area contributed by atoms with Gasteiger partial charge in [0.25, 0.3) is 15.6 Å². The molecule has 1 fully saturated rings. The van der Waals surface area contributed by atoms with Crippen LogP contribution in [0.3, 0.4) is 0 Å². The second-order valence-corrected chi connectivity index (χ2v) is 10.9. The molecule has 5 rings (SSSR count). The lowest BCUT2D eigenvalue weighted by molar-refractivity contribution is 0.139. The zero-order valence-corrected chi connectivity index (χ0v) is 21.3. The van der Waals surface area contributed by atoms with Gasteiger partial charge in [0.2, 0.25) is 0 Å². The maximum atomic E-state index is 13.3. The summed E-state index contributed by atoms with van der Waals surface area (Å²) in [5, 5.41) is 2.92. The van der Waals surface area contributed by atoms with Crippen molar-refractivity contribution in [2.24, 2.45) is 5.92 Å². The number of nitrogens with zero attached hydrogens (tertiary/aromatic N) is 2. The molecule has 1 saturated heterocycles. The van der Waals surface area contributed by atoms with Gasteiger partial charge in [0.05, 0.1) is 19.1 Å². The van der Waals surface area contributed by atoms with Crippen LogP contribution in [0.1, 0.15) is 18.0 Å². The fourth-order valence-corrected chi connectivity index (χ4v) is 6.15. The maximum absolute atomic E-state index is 13.3. The number of amides is 2. The number of aromatic nitrogens is 1. The highest BCUT2D eigenvalue weighted by Crippen LogP contribution is 2.36. The third kappa shape index (κ3) is 4.99. The molecule has 2 aliphatic rings. The molecule has 3 heterocycles. The van der Waals surface area contributed by atoms with Crippen molar-refractivity contribution in [3.05, 3.63) is 76.7 Å². The summed E-state index contributed by atoms with van der Waals surface area (Å²) >= 11 is 0. The Kier molecular flexibility index (Phi) is 6.55. The third-order valence-corrected chi connectivity index (χ3v) is 8.17. The predicted octanol–water partition coefficient (Wildman–Crippen LogP) is 3.32. The summed E-state index contributed by atoms with van der Waals surface area (Å²) in [4.78, 5) is 28.2. The van der Waals surface area contributed by atoms with Crippen molar-refractivity contribution in [1.29, 1.82) is 0 Å². The molecule has 0 aliphatic carbocycles. The van der Waals surface area contributed by atoms with Crippen molar-refractivity contribution >= 4 is 27.4 Å². The number of hydrogen-bond acceptors (Lipinski definition) is 6.